The molecule has 0 bridgehead atoms. The number of carbonyl (C=O) groups excluding carboxylic acids is 1. The van der Waals surface area contributed by atoms with Crippen LogP contribution in [0.3, 0.4) is 0 Å². The molecule has 0 radical (unpaired) electrons. The fraction of sp³-hybridized carbons (Fsp3) is 0.526. The van der Waals surface area contributed by atoms with Crippen molar-refractivity contribution in [2.75, 3.05) is 5.75 Å². The molecular formula is C38H46N4O3S. The molecule has 8 atom stereocenters. The maximum atomic E-state index is 14.0. The van der Waals surface area contributed by atoms with Gasteiger partial charge in [0.2, 0.25) is 0 Å². The van der Waals surface area contributed by atoms with E-state index in [0.29, 0.717) is 12.8 Å². The van der Waals surface area contributed by atoms with Crippen molar-refractivity contribution >= 4 is 46.2 Å². The van der Waals surface area contributed by atoms with E-state index in [-0.39, 0.29) is 40.6 Å². The van der Waals surface area contributed by atoms with Crippen molar-refractivity contribution in [1.29, 1.82) is 5.41 Å². The van der Waals surface area contributed by atoms with E-state index < -0.39 is 17.1 Å². The number of imidazole rings is 1. The standard InChI is InChI=1S/C38H46N4O3S/c1-5-23-10-6-7-11-28(23)40-30-18-25-14-15-26-27-16-17-38(45,33(44)22-46-35-41-29-12-8-9-13-31(29)42(35)4)37(27,3)20-32(43)34(26)36(25,2)19-24(30)21-39/h6-13,18,21,24,26-27,32,34,39,43,45H,5,14-17,19-20,22H2,1-4H3. The van der Waals surface area contributed by atoms with E-state index in [0.717, 1.165) is 59.7 Å². The number of aliphatic imine (C=N–C) groups is 1. The van der Waals surface area contributed by atoms with E-state index >= 15 is 0 Å². The number of aliphatic hydroxyl groups is 2. The van der Waals surface area contributed by atoms with Crippen LogP contribution in [0.25, 0.3) is 11.0 Å². The Bertz CT molecular complexity index is 1760. The van der Waals surface area contributed by atoms with Gasteiger partial charge in [-0.1, -0.05) is 68.4 Å². The van der Waals surface area contributed by atoms with Gasteiger partial charge in [-0.05, 0) is 98.0 Å². The second-order valence-electron chi connectivity index (χ2n) is 14.7. The van der Waals surface area contributed by atoms with Crippen molar-refractivity contribution in [3.8, 4) is 0 Å². The van der Waals surface area contributed by atoms with Gasteiger partial charge in [-0.2, -0.15) is 0 Å². The molecule has 4 aliphatic rings. The lowest BCUT2D eigenvalue weighted by molar-refractivity contribution is -0.178. The van der Waals surface area contributed by atoms with E-state index in [1.54, 1.807) is 0 Å². The number of fused-ring (bicyclic) bond motifs is 6. The minimum atomic E-state index is -1.48. The third kappa shape index (κ3) is 4.69. The average molecular weight is 639 g/mol. The highest BCUT2D eigenvalue weighted by atomic mass is 32.2. The molecule has 242 valence electrons. The zero-order valence-corrected chi connectivity index (χ0v) is 28.2. The van der Waals surface area contributed by atoms with Gasteiger partial charge in [0.15, 0.2) is 10.9 Å². The predicted octanol–water partition coefficient (Wildman–Crippen LogP) is 7.11. The average Bonchev–Trinajstić information content (AvgIpc) is 3.52. The summed E-state index contributed by atoms with van der Waals surface area (Å²) in [4.78, 5) is 23.8. The monoisotopic (exact) mass is 638 g/mol. The number of aryl methyl sites for hydroxylation is 2. The summed E-state index contributed by atoms with van der Waals surface area (Å²) in [7, 11) is 1.96. The van der Waals surface area contributed by atoms with Crippen LogP contribution in [0.2, 0.25) is 0 Å². The van der Waals surface area contributed by atoms with Crippen molar-refractivity contribution in [2.24, 2.45) is 46.5 Å². The number of benzene rings is 2. The molecule has 8 heteroatoms. The summed E-state index contributed by atoms with van der Waals surface area (Å²) in [5, 5.41) is 33.4. The highest BCUT2D eigenvalue weighted by Gasteiger charge is 2.68. The maximum Gasteiger partial charge on any atom is 0.175 e. The van der Waals surface area contributed by atoms with Gasteiger partial charge in [-0.25, -0.2) is 4.98 Å². The Labute approximate surface area is 276 Å². The van der Waals surface area contributed by atoms with E-state index in [4.69, 9.17) is 15.4 Å². The molecule has 8 unspecified atom stereocenters. The Morgan fingerprint density at radius 3 is 2.67 bits per heavy atom. The molecule has 1 aromatic heterocycles. The fourth-order valence-electron chi connectivity index (χ4n) is 10.1. The molecule has 0 saturated heterocycles. The highest BCUT2D eigenvalue weighted by molar-refractivity contribution is 7.99. The van der Waals surface area contributed by atoms with Gasteiger partial charge in [0.25, 0.3) is 0 Å². The lowest BCUT2D eigenvalue weighted by atomic mass is 9.45. The number of thioether (sulfide) groups is 1. The van der Waals surface area contributed by atoms with Crippen LogP contribution in [-0.2, 0) is 18.3 Å². The lowest BCUT2D eigenvalue weighted by Crippen LogP contribution is -2.62. The van der Waals surface area contributed by atoms with Crippen LogP contribution in [0.15, 0.2) is 70.3 Å². The Morgan fingerprint density at radius 1 is 1.15 bits per heavy atom. The fourth-order valence-corrected chi connectivity index (χ4v) is 11.1. The summed E-state index contributed by atoms with van der Waals surface area (Å²) in [6.07, 6.45) is 8.22. The first kappa shape index (κ1) is 31.5. The predicted molar refractivity (Wildman–Crippen MR) is 185 cm³/mol. The van der Waals surface area contributed by atoms with Gasteiger partial charge in [-0.15, -0.1) is 0 Å². The second kappa shape index (κ2) is 11.6. The minimum Gasteiger partial charge on any atom is -0.393 e. The van der Waals surface area contributed by atoms with Gasteiger partial charge in [0.05, 0.1) is 28.6 Å². The number of rotatable bonds is 7. The van der Waals surface area contributed by atoms with E-state index in [1.807, 2.05) is 48.0 Å². The number of allylic oxidation sites excluding steroid dienone is 2. The molecule has 46 heavy (non-hydrogen) atoms. The van der Waals surface area contributed by atoms with Crippen LogP contribution in [0.5, 0.6) is 0 Å². The van der Waals surface area contributed by atoms with Crippen LogP contribution in [0, 0.1) is 39.9 Å². The largest absolute Gasteiger partial charge is 0.393 e. The molecule has 0 aliphatic heterocycles. The van der Waals surface area contributed by atoms with E-state index in [9.17, 15) is 15.0 Å². The van der Waals surface area contributed by atoms with Crippen LogP contribution in [-0.4, -0.2) is 54.9 Å². The number of carbonyl (C=O) groups is 1. The first-order valence-electron chi connectivity index (χ1n) is 16.9. The highest BCUT2D eigenvalue weighted by Crippen LogP contribution is 2.68. The van der Waals surface area contributed by atoms with E-state index in [1.165, 1.54) is 29.1 Å². The smallest absolute Gasteiger partial charge is 0.175 e. The van der Waals surface area contributed by atoms with Gasteiger partial charge in [-0.3, -0.25) is 9.79 Å². The van der Waals surface area contributed by atoms with Crippen molar-refractivity contribution in [1.82, 2.24) is 9.55 Å². The number of nitrogens with one attached hydrogen (secondary N) is 1. The number of aliphatic hydroxyl groups excluding tert-OH is 1. The minimum absolute atomic E-state index is 0.0179. The topological polar surface area (TPSA) is 112 Å². The first-order chi connectivity index (χ1) is 22.0. The van der Waals surface area contributed by atoms with E-state index in [2.05, 4.69) is 39.0 Å². The molecular weight excluding hydrogens is 593 g/mol. The third-order valence-corrected chi connectivity index (χ3v) is 13.6. The molecule has 3 saturated carbocycles. The molecule has 1 heterocycles. The number of para-hydroxylation sites is 3. The number of Topliss-reactive ketones (excluding diaryl/α,β-unsaturated/α-hetero) is 1. The van der Waals surface area contributed by atoms with Gasteiger partial charge in [0.1, 0.15) is 5.60 Å². The molecule has 7 rings (SSSR count). The molecule has 0 amide bonds. The Kier molecular flexibility index (Phi) is 7.93. The Hall–Kier alpha value is -3.07. The molecule has 7 nitrogen and oxygen atoms in total. The number of hydrogen-bond donors (Lipinski definition) is 3. The summed E-state index contributed by atoms with van der Waals surface area (Å²) >= 11 is 1.39. The SMILES string of the molecule is CCc1ccccc1N=C1C=C2CCC3C(C(O)CC4(C)C3CCC4(O)C(=O)CSc3nc4ccccc4n3C)C2(C)CC1C=N. The van der Waals surface area contributed by atoms with Crippen LogP contribution in [0.4, 0.5) is 5.69 Å². The zero-order chi connectivity index (χ0) is 32.4. The Morgan fingerprint density at radius 2 is 1.91 bits per heavy atom. The van der Waals surface area contributed by atoms with Gasteiger partial charge >= 0.3 is 0 Å². The number of ketones is 1. The van der Waals surface area contributed by atoms with Gasteiger partial charge in [0, 0.05) is 30.3 Å². The molecule has 3 aromatic rings. The van der Waals surface area contributed by atoms with Gasteiger partial charge < -0.3 is 20.2 Å². The van der Waals surface area contributed by atoms with Crippen LogP contribution in [0.1, 0.15) is 64.9 Å². The summed E-state index contributed by atoms with van der Waals surface area (Å²) in [6, 6.07) is 16.2. The van der Waals surface area contributed by atoms with Crippen molar-refractivity contribution in [3.63, 3.8) is 0 Å². The lowest BCUT2D eigenvalue weighted by Gasteiger charge is -2.61. The third-order valence-electron chi connectivity index (χ3n) is 12.5. The zero-order valence-electron chi connectivity index (χ0n) is 27.4. The van der Waals surface area contributed by atoms with Crippen LogP contribution >= 0.6 is 11.8 Å². The second-order valence-corrected chi connectivity index (χ2v) is 15.6. The summed E-state index contributed by atoms with van der Waals surface area (Å²) in [5.74, 6) is 0.242. The molecule has 4 aliphatic carbocycles. The Balaban J connectivity index is 1.14. The maximum absolute atomic E-state index is 14.0. The normalized spacial score (nSPS) is 36.2. The molecule has 3 fully saturated rings. The quantitative estimate of drug-likeness (QED) is 0.189. The molecule has 0 spiro atoms. The molecule has 3 N–H and O–H groups in total. The molecule has 2 aromatic carbocycles. The summed E-state index contributed by atoms with van der Waals surface area (Å²) in [5.41, 5.74) is 3.91. The van der Waals surface area contributed by atoms with Crippen molar-refractivity contribution < 1.29 is 15.0 Å². The van der Waals surface area contributed by atoms with Crippen molar-refractivity contribution in [2.45, 2.75) is 82.6 Å². The summed E-state index contributed by atoms with van der Waals surface area (Å²) < 4.78 is 2.00. The number of aromatic nitrogens is 2. The number of hydrogen-bond acceptors (Lipinski definition) is 7. The van der Waals surface area contributed by atoms with Crippen molar-refractivity contribution in [3.05, 3.63) is 65.7 Å². The summed E-state index contributed by atoms with van der Waals surface area (Å²) in [6.45, 7) is 6.49. The number of nitrogens with zero attached hydrogens (tertiary/aromatic N) is 3. The first-order valence-corrected chi connectivity index (χ1v) is 17.9. The van der Waals surface area contributed by atoms with Crippen LogP contribution < -0.4 is 0 Å².